The van der Waals surface area contributed by atoms with E-state index < -0.39 is 0 Å². The number of nitrogens with zero attached hydrogens (tertiary/aromatic N) is 4. The summed E-state index contributed by atoms with van der Waals surface area (Å²) in [6.07, 6.45) is 7.27. The molecule has 3 heterocycles. The van der Waals surface area contributed by atoms with Gasteiger partial charge in [0.2, 0.25) is 5.91 Å². The predicted octanol–water partition coefficient (Wildman–Crippen LogP) is 3.69. The molecule has 0 fully saturated rings. The standard InChI is InChI=1S/C21H17N5OS/c27-20(13-19-7-4-12-28-19)24-23-14-17-15-26(18-5-2-1-3-6-18)25-21(17)16-8-10-22-11-9-16/h1-12,14-15H,13H2,(H,24,27)/b23-14-. The Hall–Kier alpha value is -3.58. The van der Waals surface area contributed by atoms with Gasteiger partial charge in [-0.2, -0.15) is 10.2 Å². The van der Waals surface area contributed by atoms with Crippen molar-refractivity contribution in [3.8, 4) is 16.9 Å². The number of thiophene rings is 1. The van der Waals surface area contributed by atoms with E-state index in [2.05, 4.69) is 15.5 Å². The Morgan fingerprint density at radius 3 is 2.68 bits per heavy atom. The highest BCUT2D eigenvalue weighted by Crippen LogP contribution is 2.22. The van der Waals surface area contributed by atoms with Crippen molar-refractivity contribution < 1.29 is 4.79 Å². The second kappa shape index (κ2) is 8.41. The Balaban J connectivity index is 1.58. The van der Waals surface area contributed by atoms with E-state index in [1.54, 1.807) is 34.6 Å². The number of aromatic nitrogens is 3. The first-order valence-corrected chi connectivity index (χ1v) is 9.57. The van der Waals surface area contributed by atoms with Crippen LogP contribution in [0.1, 0.15) is 10.4 Å². The molecule has 7 heteroatoms. The van der Waals surface area contributed by atoms with Crippen molar-refractivity contribution in [3.05, 3.63) is 89.0 Å². The van der Waals surface area contributed by atoms with E-state index in [1.165, 1.54) is 0 Å². The van der Waals surface area contributed by atoms with Crippen molar-refractivity contribution in [3.63, 3.8) is 0 Å². The lowest BCUT2D eigenvalue weighted by molar-refractivity contribution is -0.120. The number of carbonyl (C=O) groups is 1. The first-order chi connectivity index (χ1) is 13.8. The minimum absolute atomic E-state index is 0.153. The summed E-state index contributed by atoms with van der Waals surface area (Å²) in [5, 5.41) is 10.8. The number of carbonyl (C=O) groups excluding carboxylic acids is 1. The summed E-state index contributed by atoms with van der Waals surface area (Å²) in [6.45, 7) is 0. The highest BCUT2D eigenvalue weighted by atomic mass is 32.1. The second-order valence-corrected chi connectivity index (χ2v) is 7.03. The summed E-state index contributed by atoms with van der Waals surface area (Å²) in [6, 6.07) is 17.5. The number of hydrogen-bond donors (Lipinski definition) is 1. The van der Waals surface area contributed by atoms with Crippen LogP contribution in [0.15, 0.2) is 83.7 Å². The van der Waals surface area contributed by atoms with Gasteiger partial charge in [0, 0.05) is 34.6 Å². The Morgan fingerprint density at radius 2 is 1.93 bits per heavy atom. The zero-order valence-electron chi connectivity index (χ0n) is 14.9. The molecule has 4 aromatic rings. The molecule has 4 rings (SSSR count). The van der Waals surface area contributed by atoms with Gasteiger partial charge in [0.25, 0.3) is 0 Å². The third-order valence-electron chi connectivity index (χ3n) is 4.02. The van der Waals surface area contributed by atoms with Crippen molar-refractivity contribution in [2.24, 2.45) is 5.10 Å². The number of benzene rings is 1. The lowest BCUT2D eigenvalue weighted by Crippen LogP contribution is -2.19. The maximum absolute atomic E-state index is 12.0. The van der Waals surface area contributed by atoms with Crippen LogP contribution >= 0.6 is 11.3 Å². The van der Waals surface area contributed by atoms with Gasteiger partial charge < -0.3 is 0 Å². The van der Waals surface area contributed by atoms with Gasteiger partial charge in [-0.05, 0) is 35.7 Å². The zero-order valence-corrected chi connectivity index (χ0v) is 15.7. The number of para-hydroxylation sites is 1. The van der Waals surface area contributed by atoms with Crippen molar-refractivity contribution in [1.29, 1.82) is 0 Å². The maximum atomic E-state index is 12.0. The topological polar surface area (TPSA) is 72.2 Å². The van der Waals surface area contributed by atoms with Gasteiger partial charge >= 0.3 is 0 Å². The van der Waals surface area contributed by atoms with Crippen molar-refractivity contribution in [1.82, 2.24) is 20.2 Å². The molecule has 0 spiro atoms. The van der Waals surface area contributed by atoms with Crippen LogP contribution in [-0.4, -0.2) is 26.9 Å². The Bertz CT molecular complexity index is 1070. The minimum atomic E-state index is -0.153. The molecule has 0 radical (unpaired) electrons. The highest BCUT2D eigenvalue weighted by molar-refractivity contribution is 7.10. The molecular weight excluding hydrogens is 370 g/mol. The number of amides is 1. The van der Waals surface area contributed by atoms with Gasteiger partial charge in [-0.1, -0.05) is 24.3 Å². The number of rotatable bonds is 6. The largest absolute Gasteiger partial charge is 0.273 e. The monoisotopic (exact) mass is 387 g/mol. The number of hydrazone groups is 1. The minimum Gasteiger partial charge on any atom is -0.273 e. The molecule has 0 unspecified atom stereocenters. The van der Waals surface area contributed by atoms with Crippen LogP contribution in [0.2, 0.25) is 0 Å². The van der Waals surface area contributed by atoms with Crippen molar-refractivity contribution >= 4 is 23.5 Å². The molecule has 0 bridgehead atoms. The van der Waals surface area contributed by atoms with Gasteiger partial charge in [0.1, 0.15) is 5.69 Å². The van der Waals surface area contributed by atoms with E-state index in [4.69, 9.17) is 5.10 Å². The summed E-state index contributed by atoms with van der Waals surface area (Å²) < 4.78 is 1.80. The average molecular weight is 387 g/mol. The second-order valence-electron chi connectivity index (χ2n) is 6.00. The summed E-state index contributed by atoms with van der Waals surface area (Å²) in [4.78, 5) is 17.1. The van der Waals surface area contributed by atoms with Crippen LogP contribution in [0, 0.1) is 0 Å². The molecule has 0 aliphatic carbocycles. The first kappa shape index (κ1) is 17.8. The summed E-state index contributed by atoms with van der Waals surface area (Å²) >= 11 is 1.55. The number of hydrogen-bond acceptors (Lipinski definition) is 5. The van der Waals surface area contributed by atoms with E-state index in [9.17, 15) is 4.79 Å². The molecule has 3 aromatic heterocycles. The van der Waals surface area contributed by atoms with Crippen molar-refractivity contribution in [2.45, 2.75) is 6.42 Å². The molecule has 1 aromatic carbocycles. The third kappa shape index (κ3) is 4.21. The van der Waals surface area contributed by atoms with Gasteiger partial charge in [0.15, 0.2) is 0 Å². The molecule has 1 N–H and O–H groups in total. The Morgan fingerprint density at radius 1 is 1.11 bits per heavy atom. The Kier molecular flexibility index (Phi) is 5.35. The van der Waals surface area contributed by atoms with E-state index in [0.29, 0.717) is 6.42 Å². The lowest BCUT2D eigenvalue weighted by Gasteiger charge is -2.00. The van der Waals surface area contributed by atoms with Gasteiger partial charge in [-0.15, -0.1) is 11.3 Å². The van der Waals surface area contributed by atoms with Gasteiger partial charge in [-0.25, -0.2) is 10.1 Å². The summed E-state index contributed by atoms with van der Waals surface area (Å²) in [7, 11) is 0. The number of pyridine rings is 1. The molecule has 0 atom stereocenters. The van der Waals surface area contributed by atoms with Crippen molar-refractivity contribution in [2.75, 3.05) is 0 Å². The smallest absolute Gasteiger partial charge is 0.245 e. The molecule has 138 valence electrons. The summed E-state index contributed by atoms with van der Waals surface area (Å²) in [5.74, 6) is -0.153. The Labute approximate surface area is 166 Å². The zero-order chi connectivity index (χ0) is 19.2. The molecule has 6 nitrogen and oxygen atoms in total. The molecule has 28 heavy (non-hydrogen) atoms. The highest BCUT2D eigenvalue weighted by Gasteiger charge is 2.11. The third-order valence-corrected chi connectivity index (χ3v) is 4.90. The molecule has 0 saturated carbocycles. The van der Waals surface area contributed by atoms with Crippen LogP contribution in [0.25, 0.3) is 16.9 Å². The molecule has 1 amide bonds. The van der Waals surface area contributed by atoms with Crippen LogP contribution in [-0.2, 0) is 11.2 Å². The molecule has 0 aliphatic rings. The predicted molar refractivity (Wildman–Crippen MR) is 111 cm³/mol. The molecule has 0 aliphatic heterocycles. The average Bonchev–Trinajstić information content (AvgIpc) is 3.39. The fourth-order valence-corrected chi connectivity index (χ4v) is 3.42. The van der Waals surface area contributed by atoms with Gasteiger partial charge in [0.05, 0.1) is 18.3 Å². The summed E-state index contributed by atoms with van der Waals surface area (Å²) in [5.41, 5.74) is 6.02. The van der Waals surface area contributed by atoms with Crippen LogP contribution < -0.4 is 5.43 Å². The quantitative estimate of drug-likeness (QED) is 0.405. The SMILES string of the molecule is O=C(Cc1cccs1)N/N=C\c1cn(-c2ccccc2)nc1-c1ccncc1. The van der Waals surface area contributed by atoms with Crippen LogP contribution in [0.3, 0.4) is 0 Å². The molecular formula is C21H17N5OS. The fraction of sp³-hybridized carbons (Fsp3) is 0.0476. The van der Waals surface area contributed by atoms with Crippen LogP contribution in [0.5, 0.6) is 0 Å². The maximum Gasteiger partial charge on any atom is 0.245 e. The lowest BCUT2D eigenvalue weighted by atomic mass is 10.1. The van der Waals surface area contributed by atoms with E-state index in [1.807, 2.05) is 66.2 Å². The van der Waals surface area contributed by atoms with Gasteiger partial charge in [-0.3, -0.25) is 9.78 Å². The normalized spacial score (nSPS) is 11.0. The number of nitrogens with one attached hydrogen (secondary N) is 1. The fourth-order valence-electron chi connectivity index (χ4n) is 2.71. The first-order valence-electron chi connectivity index (χ1n) is 8.69. The van der Waals surface area contributed by atoms with E-state index >= 15 is 0 Å². The van der Waals surface area contributed by atoms with Crippen LogP contribution in [0.4, 0.5) is 0 Å². The van der Waals surface area contributed by atoms with E-state index in [-0.39, 0.29) is 5.91 Å². The molecule has 0 saturated heterocycles. The van der Waals surface area contributed by atoms with E-state index in [0.717, 1.165) is 27.4 Å².